The summed E-state index contributed by atoms with van der Waals surface area (Å²) in [4.78, 5) is 0.802. The van der Waals surface area contributed by atoms with Crippen molar-refractivity contribution in [2.75, 3.05) is 6.54 Å². The van der Waals surface area contributed by atoms with Crippen LogP contribution in [0.1, 0.15) is 10.1 Å². The number of sulfone groups is 1. The minimum Gasteiger partial charge on any atom is -0.329 e. The maximum Gasteiger partial charge on any atom is 0.196 e. The molecule has 0 saturated carbocycles. The number of hydrogen-bond donors (Lipinski definition) is 1. The summed E-state index contributed by atoms with van der Waals surface area (Å²) in [5, 5.41) is 3.00. The molecule has 2 heterocycles. The van der Waals surface area contributed by atoms with E-state index in [9.17, 15) is 8.42 Å². The molecule has 0 spiro atoms. The first kappa shape index (κ1) is 14.7. The molecule has 3 nitrogen and oxygen atoms in total. The third-order valence-electron chi connectivity index (χ3n) is 2.22. The van der Waals surface area contributed by atoms with Gasteiger partial charge in [-0.05, 0) is 22.9 Å². The van der Waals surface area contributed by atoms with Crippen LogP contribution in [0.2, 0.25) is 0 Å². The maximum absolute atomic E-state index is 12.3. The molecule has 0 radical (unpaired) electrons. The van der Waals surface area contributed by atoms with Gasteiger partial charge in [0, 0.05) is 11.4 Å². The molecule has 0 saturated heterocycles. The molecule has 0 bridgehead atoms. The Balaban J connectivity index is 0.00000144. The summed E-state index contributed by atoms with van der Waals surface area (Å²) in [5.41, 5.74) is 5.59. The second-order valence-electron chi connectivity index (χ2n) is 3.22. The van der Waals surface area contributed by atoms with E-state index in [-0.39, 0.29) is 19.0 Å². The second kappa shape index (κ2) is 5.97. The van der Waals surface area contributed by atoms with E-state index in [0.29, 0.717) is 4.21 Å². The van der Waals surface area contributed by atoms with Gasteiger partial charge in [-0.2, -0.15) is 0 Å². The first-order valence-corrected chi connectivity index (χ1v) is 7.97. The van der Waals surface area contributed by atoms with Crippen molar-refractivity contribution < 1.29 is 8.42 Å². The molecule has 7 heteroatoms. The van der Waals surface area contributed by atoms with E-state index in [2.05, 4.69) is 0 Å². The Labute approximate surface area is 115 Å². The van der Waals surface area contributed by atoms with Gasteiger partial charge in [-0.25, -0.2) is 8.42 Å². The average Bonchev–Trinajstić information content (AvgIpc) is 2.91. The van der Waals surface area contributed by atoms with E-state index in [1.807, 2.05) is 17.5 Å². The van der Waals surface area contributed by atoms with Gasteiger partial charge in [0.15, 0.2) is 9.84 Å². The molecule has 94 valence electrons. The highest BCUT2D eigenvalue weighted by Crippen LogP contribution is 2.32. The maximum atomic E-state index is 12.3. The third-order valence-corrected chi connectivity index (χ3v) is 6.90. The second-order valence-corrected chi connectivity index (χ2v) is 7.50. The number of hydrogen-bond acceptors (Lipinski definition) is 5. The molecule has 2 aromatic heterocycles. The molecule has 17 heavy (non-hydrogen) atoms. The zero-order chi connectivity index (χ0) is 11.6. The lowest BCUT2D eigenvalue weighted by atomic mass is 10.3. The Hall–Kier alpha value is -0.400. The monoisotopic (exact) mass is 309 g/mol. The van der Waals surface area contributed by atoms with Crippen molar-refractivity contribution in [3.63, 3.8) is 0 Å². The Bertz CT molecular complexity index is 534. The molecular weight excluding hydrogens is 298 g/mol. The van der Waals surface area contributed by atoms with Crippen LogP contribution in [0, 0.1) is 0 Å². The van der Waals surface area contributed by atoms with Gasteiger partial charge in [0.05, 0.1) is 0 Å². The Morgan fingerprint density at radius 3 is 2.29 bits per heavy atom. The fourth-order valence-electron chi connectivity index (χ4n) is 1.44. The van der Waals surface area contributed by atoms with E-state index in [1.165, 1.54) is 22.7 Å². The minimum absolute atomic E-state index is 0. The van der Waals surface area contributed by atoms with Crippen molar-refractivity contribution >= 4 is 44.9 Å². The van der Waals surface area contributed by atoms with Gasteiger partial charge in [-0.3, -0.25) is 0 Å². The van der Waals surface area contributed by atoms with E-state index < -0.39 is 15.1 Å². The molecule has 0 aromatic carbocycles. The molecule has 1 unspecified atom stereocenters. The molecule has 0 fully saturated rings. The molecule has 2 aromatic rings. The lowest BCUT2D eigenvalue weighted by molar-refractivity contribution is 0.585. The van der Waals surface area contributed by atoms with E-state index >= 15 is 0 Å². The molecule has 2 rings (SSSR count). The molecule has 0 amide bonds. The number of halogens is 1. The van der Waals surface area contributed by atoms with E-state index in [0.717, 1.165) is 4.88 Å². The van der Waals surface area contributed by atoms with Crippen molar-refractivity contribution in [1.29, 1.82) is 0 Å². The summed E-state index contributed by atoms with van der Waals surface area (Å²) in [6.07, 6.45) is 0. The Morgan fingerprint density at radius 1 is 1.18 bits per heavy atom. The van der Waals surface area contributed by atoms with Crippen molar-refractivity contribution in [1.82, 2.24) is 0 Å². The summed E-state index contributed by atoms with van der Waals surface area (Å²) < 4.78 is 24.9. The van der Waals surface area contributed by atoms with Crippen LogP contribution in [0.25, 0.3) is 0 Å². The van der Waals surface area contributed by atoms with Crippen LogP contribution in [-0.2, 0) is 9.84 Å². The first-order valence-electron chi connectivity index (χ1n) is 4.67. The highest BCUT2D eigenvalue weighted by atomic mass is 35.5. The van der Waals surface area contributed by atoms with E-state index in [1.54, 1.807) is 17.5 Å². The lowest BCUT2D eigenvalue weighted by Gasteiger charge is -2.12. The largest absolute Gasteiger partial charge is 0.329 e. The smallest absolute Gasteiger partial charge is 0.196 e. The summed E-state index contributed by atoms with van der Waals surface area (Å²) in [6, 6.07) is 7.01. The predicted octanol–water partition coefficient (Wildman–Crippen LogP) is 2.71. The van der Waals surface area contributed by atoms with Gasteiger partial charge in [0.1, 0.15) is 9.46 Å². The van der Waals surface area contributed by atoms with Crippen LogP contribution in [0.15, 0.2) is 39.2 Å². The normalized spacial score (nSPS) is 13.0. The van der Waals surface area contributed by atoms with Crippen LogP contribution >= 0.6 is 35.1 Å². The fraction of sp³-hybridized carbons (Fsp3) is 0.200. The van der Waals surface area contributed by atoms with Crippen LogP contribution < -0.4 is 5.73 Å². The topological polar surface area (TPSA) is 60.2 Å². The molecule has 0 aliphatic rings. The van der Waals surface area contributed by atoms with Crippen LogP contribution in [0.3, 0.4) is 0 Å². The van der Waals surface area contributed by atoms with Crippen LogP contribution in [0.5, 0.6) is 0 Å². The summed E-state index contributed by atoms with van der Waals surface area (Å²) in [5.74, 6) is 0. The van der Waals surface area contributed by atoms with Crippen LogP contribution in [-0.4, -0.2) is 15.0 Å². The zero-order valence-electron chi connectivity index (χ0n) is 8.78. The van der Waals surface area contributed by atoms with E-state index in [4.69, 9.17) is 5.73 Å². The van der Waals surface area contributed by atoms with Gasteiger partial charge in [0.25, 0.3) is 0 Å². The molecule has 1 atom stereocenters. The van der Waals surface area contributed by atoms with Gasteiger partial charge < -0.3 is 5.73 Å². The van der Waals surface area contributed by atoms with Crippen LogP contribution in [0.4, 0.5) is 0 Å². The molecular formula is C10H12ClNO2S3. The van der Waals surface area contributed by atoms with Crippen molar-refractivity contribution in [2.45, 2.75) is 9.46 Å². The Kier molecular flexibility index (Phi) is 5.15. The van der Waals surface area contributed by atoms with Crippen molar-refractivity contribution in [3.05, 3.63) is 39.9 Å². The quantitative estimate of drug-likeness (QED) is 0.944. The molecule has 0 aliphatic carbocycles. The fourth-order valence-corrected chi connectivity index (χ4v) is 5.39. The third kappa shape index (κ3) is 2.89. The first-order chi connectivity index (χ1) is 7.66. The zero-order valence-corrected chi connectivity index (χ0v) is 12.0. The SMILES string of the molecule is Cl.NCC(c1cccs1)S(=O)(=O)c1cccs1. The summed E-state index contributed by atoms with van der Waals surface area (Å²) in [6.45, 7) is 0.112. The van der Waals surface area contributed by atoms with Crippen molar-refractivity contribution in [3.8, 4) is 0 Å². The van der Waals surface area contributed by atoms with Crippen molar-refractivity contribution in [2.24, 2.45) is 5.73 Å². The number of nitrogens with two attached hydrogens (primary N) is 1. The predicted molar refractivity (Wildman–Crippen MR) is 74.9 cm³/mol. The van der Waals surface area contributed by atoms with Gasteiger partial charge in [-0.1, -0.05) is 12.1 Å². The number of rotatable bonds is 4. The summed E-state index contributed by atoms with van der Waals surface area (Å²) in [7, 11) is -3.33. The Morgan fingerprint density at radius 2 is 1.82 bits per heavy atom. The average molecular weight is 310 g/mol. The van der Waals surface area contributed by atoms with Gasteiger partial charge in [0.2, 0.25) is 0 Å². The minimum atomic E-state index is -3.33. The highest BCUT2D eigenvalue weighted by molar-refractivity contribution is 7.93. The van der Waals surface area contributed by atoms with Gasteiger partial charge in [-0.15, -0.1) is 35.1 Å². The summed E-state index contributed by atoms with van der Waals surface area (Å²) >= 11 is 2.66. The lowest BCUT2D eigenvalue weighted by Crippen LogP contribution is -2.20. The van der Waals surface area contributed by atoms with Gasteiger partial charge >= 0.3 is 0 Å². The molecule has 0 aliphatic heterocycles. The molecule has 2 N–H and O–H groups in total. The highest BCUT2D eigenvalue weighted by Gasteiger charge is 2.29. The number of thiophene rings is 2. The standard InChI is InChI=1S/C10H11NO2S3.ClH/c11-7-9(8-3-1-5-14-8)16(12,13)10-4-2-6-15-10;/h1-6,9H,7,11H2;1H.